The Morgan fingerprint density at radius 2 is 2.32 bits per heavy atom. The Morgan fingerprint density at radius 3 is 2.84 bits per heavy atom. The van der Waals surface area contributed by atoms with Crippen LogP contribution in [0.3, 0.4) is 0 Å². The van der Waals surface area contributed by atoms with E-state index in [-0.39, 0.29) is 16.6 Å². The molecule has 19 heavy (non-hydrogen) atoms. The van der Waals surface area contributed by atoms with Crippen molar-refractivity contribution in [1.29, 1.82) is 0 Å². The lowest BCUT2D eigenvalue weighted by atomic mass is 9.99. The summed E-state index contributed by atoms with van der Waals surface area (Å²) in [5.41, 5.74) is -0.311. The molecule has 1 unspecified atom stereocenters. The van der Waals surface area contributed by atoms with Crippen LogP contribution in [-0.2, 0) is 4.79 Å². The van der Waals surface area contributed by atoms with Gasteiger partial charge in [0.2, 0.25) is 5.91 Å². The number of nitrogens with one attached hydrogen (secondary N) is 2. The second kappa shape index (κ2) is 5.14. The summed E-state index contributed by atoms with van der Waals surface area (Å²) in [6.45, 7) is 2.65. The van der Waals surface area contributed by atoms with Crippen molar-refractivity contribution in [2.75, 3.05) is 11.9 Å². The minimum absolute atomic E-state index is 0.00679. The molecule has 1 aliphatic rings. The number of nitro benzene ring substituents is 1. The van der Waals surface area contributed by atoms with Crippen molar-refractivity contribution in [3.8, 4) is 0 Å². The summed E-state index contributed by atoms with van der Waals surface area (Å²) >= 11 is 5.79. The zero-order valence-corrected chi connectivity index (χ0v) is 11.2. The summed E-state index contributed by atoms with van der Waals surface area (Å²) < 4.78 is 0. The second-order valence-corrected chi connectivity index (χ2v) is 5.15. The van der Waals surface area contributed by atoms with E-state index in [0.29, 0.717) is 5.69 Å². The predicted molar refractivity (Wildman–Crippen MR) is 72.4 cm³/mol. The van der Waals surface area contributed by atoms with Gasteiger partial charge in [-0.1, -0.05) is 11.6 Å². The molecule has 1 atom stereocenters. The average molecular weight is 284 g/mol. The smallest absolute Gasteiger partial charge is 0.288 e. The largest absolute Gasteiger partial charge is 0.324 e. The van der Waals surface area contributed by atoms with Crippen LogP contribution in [0, 0.1) is 10.1 Å². The van der Waals surface area contributed by atoms with E-state index in [4.69, 9.17) is 11.6 Å². The van der Waals surface area contributed by atoms with Gasteiger partial charge >= 0.3 is 0 Å². The van der Waals surface area contributed by atoms with Gasteiger partial charge in [0.1, 0.15) is 5.02 Å². The van der Waals surface area contributed by atoms with Crippen LogP contribution in [0.15, 0.2) is 18.2 Å². The zero-order chi connectivity index (χ0) is 14.0. The molecule has 2 rings (SSSR count). The molecule has 1 heterocycles. The van der Waals surface area contributed by atoms with E-state index >= 15 is 0 Å². The molecule has 1 fully saturated rings. The van der Waals surface area contributed by atoms with Gasteiger partial charge in [-0.2, -0.15) is 0 Å². The van der Waals surface area contributed by atoms with Crippen molar-refractivity contribution in [2.24, 2.45) is 0 Å². The first-order valence-corrected chi connectivity index (χ1v) is 6.30. The molecule has 0 spiro atoms. The Bertz CT molecular complexity index is 527. The third kappa shape index (κ3) is 2.85. The van der Waals surface area contributed by atoms with Crippen LogP contribution in [0.2, 0.25) is 5.02 Å². The van der Waals surface area contributed by atoms with Crippen molar-refractivity contribution in [3.05, 3.63) is 33.3 Å². The van der Waals surface area contributed by atoms with E-state index in [1.807, 2.05) is 6.92 Å². The van der Waals surface area contributed by atoms with Crippen LogP contribution in [0.4, 0.5) is 11.4 Å². The fourth-order valence-electron chi connectivity index (χ4n) is 2.09. The summed E-state index contributed by atoms with van der Waals surface area (Å²) in [6, 6.07) is 4.14. The van der Waals surface area contributed by atoms with Crippen LogP contribution >= 0.6 is 11.6 Å². The molecule has 2 N–H and O–H groups in total. The number of nitrogens with zero attached hydrogens (tertiary/aromatic N) is 1. The Balaban J connectivity index is 2.13. The lowest BCUT2D eigenvalue weighted by Gasteiger charge is -2.23. The normalized spacial score (nSPS) is 22.2. The molecule has 0 aromatic heterocycles. The van der Waals surface area contributed by atoms with Gasteiger partial charge in [-0.25, -0.2) is 0 Å². The quantitative estimate of drug-likeness (QED) is 0.659. The predicted octanol–water partition coefficient (Wildman–Crippen LogP) is 2.33. The van der Waals surface area contributed by atoms with Crippen molar-refractivity contribution in [3.63, 3.8) is 0 Å². The lowest BCUT2D eigenvalue weighted by Crippen LogP contribution is -2.47. The molecule has 1 aromatic carbocycles. The number of hydrogen-bond donors (Lipinski definition) is 2. The van der Waals surface area contributed by atoms with Gasteiger partial charge in [0.15, 0.2) is 0 Å². The van der Waals surface area contributed by atoms with Gasteiger partial charge in [0.25, 0.3) is 5.69 Å². The number of benzene rings is 1. The lowest BCUT2D eigenvalue weighted by molar-refractivity contribution is -0.384. The molecule has 1 saturated heterocycles. The molecule has 102 valence electrons. The first-order chi connectivity index (χ1) is 8.92. The van der Waals surface area contributed by atoms with Crippen LogP contribution in [-0.4, -0.2) is 22.9 Å². The number of halogens is 1. The number of hydrogen-bond acceptors (Lipinski definition) is 4. The number of carbonyl (C=O) groups is 1. The Labute approximate surface area is 115 Å². The Hall–Kier alpha value is -1.66. The first-order valence-electron chi connectivity index (χ1n) is 5.93. The molecular weight excluding hydrogens is 270 g/mol. The van der Waals surface area contributed by atoms with Gasteiger partial charge in [0, 0.05) is 11.8 Å². The van der Waals surface area contributed by atoms with E-state index in [0.717, 1.165) is 19.4 Å². The SMILES string of the molecule is CC1(C(=O)Nc2ccc([N+](=O)[O-])c(Cl)c2)CCCN1. The summed E-state index contributed by atoms with van der Waals surface area (Å²) in [4.78, 5) is 22.2. The van der Waals surface area contributed by atoms with Crippen LogP contribution < -0.4 is 10.6 Å². The van der Waals surface area contributed by atoms with Crippen LogP contribution in [0.25, 0.3) is 0 Å². The van der Waals surface area contributed by atoms with E-state index < -0.39 is 10.5 Å². The highest BCUT2D eigenvalue weighted by Crippen LogP contribution is 2.28. The van der Waals surface area contributed by atoms with E-state index in [1.54, 1.807) is 0 Å². The molecule has 1 aromatic rings. The Morgan fingerprint density at radius 1 is 1.58 bits per heavy atom. The van der Waals surface area contributed by atoms with Gasteiger partial charge in [-0.3, -0.25) is 14.9 Å². The Kier molecular flexibility index (Phi) is 3.73. The first kappa shape index (κ1) is 13.8. The molecule has 0 saturated carbocycles. The van der Waals surface area contributed by atoms with Gasteiger partial charge < -0.3 is 10.6 Å². The minimum Gasteiger partial charge on any atom is -0.324 e. The highest BCUT2D eigenvalue weighted by Gasteiger charge is 2.35. The van der Waals surface area contributed by atoms with Crippen LogP contribution in [0.5, 0.6) is 0 Å². The maximum Gasteiger partial charge on any atom is 0.288 e. The molecule has 0 radical (unpaired) electrons. The molecule has 0 bridgehead atoms. The van der Waals surface area contributed by atoms with E-state index in [9.17, 15) is 14.9 Å². The monoisotopic (exact) mass is 283 g/mol. The van der Waals surface area contributed by atoms with Gasteiger partial charge in [-0.05, 0) is 38.4 Å². The van der Waals surface area contributed by atoms with Gasteiger partial charge in [-0.15, -0.1) is 0 Å². The minimum atomic E-state index is -0.589. The summed E-state index contributed by atoms with van der Waals surface area (Å²) in [7, 11) is 0. The number of rotatable bonds is 3. The van der Waals surface area contributed by atoms with Crippen molar-refractivity contribution < 1.29 is 9.72 Å². The van der Waals surface area contributed by atoms with Gasteiger partial charge in [0.05, 0.1) is 10.5 Å². The highest BCUT2D eigenvalue weighted by molar-refractivity contribution is 6.33. The number of anilines is 1. The fourth-order valence-corrected chi connectivity index (χ4v) is 2.34. The third-order valence-electron chi connectivity index (χ3n) is 3.27. The van der Waals surface area contributed by atoms with Crippen LogP contribution in [0.1, 0.15) is 19.8 Å². The number of amides is 1. The molecule has 0 aliphatic carbocycles. The maximum absolute atomic E-state index is 12.1. The number of carbonyl (C=O) groups excluding carboxylic acids is 1. The third-order valence-corrected chi connectivity index (χ3v) is 3.57. The van der Waals surface area contributed by atoms with Crippen molar-refractivity contribution >= 4 is 28.9 Å². The molecule has 6 nitrogen and oxygen atoms in total. The maximum atomic E-state index is 12.1. The summed E-state index contributed by atoms with van der Waals surface area (Å²) in [5, 5.41) is 16.5. The van der Waals surface area contributed by atoms with Crippen molar-refractivity contribution in [2.45, 2.75) is 25.3 Å². The molecule has 1 amide bonds. The second-order valence-electron chi connectivity index (χ2n) is 4.74. The fraction of sp³-hybridized carbons (Fsp3) is 0.417. The zero-order valence-electron chi connectivity index (χ0n) is 10.4. The van der Waals surface area contributed by atoms with Crippen molar-refractivity contribution in [1.82, 2.24) is 5.32 Å². The number of nitro groups is 1. The topological polar surface area (TPSA) is 84.3 Å². The highest BCUT2D eigenvalue weighted by atomic mass is 35.5. The molecule has 7 heteroatoms. The van der Waals surface area contributed by atoms with E-state index in [1.165, 1.54) is 18.2 Å². The summed E-state index contributed by atoms with van der Waals surface area (Å²) in [5.74, 6) is -0.157. The van der Waals surface area contributed by atoms with E-state index in [2.05, 4.69) is 10.6 Å². The summed E-state index contributed by atoms with van der Waals surface area (Å²) in [6.07, 6.45) is 1.71. The standard InChI is InChI=1S/C12H14ClN3O3/c1-12(5-2-6-14-12)11(17)15-8-3-4-10(16(18)19)9(13)7-8/h3-4,7,14H,2,5-6H2,1H3,(H,15,17). The molecular formula is C12H14ClN3O3. The average Bonchev–Trinajstić information content (AvgIpc) is 2.77. The molecule has 1 aliphatic heterocycles.